The van der Waals surface area contributed by atoms with Gasteiger partial charge < -0.3 is 5.73 Å². The Morgan fingerprint density at radius 1 is 1.47 bits per heavy atom. The highest BCUT2D eigenvalue weighted by atomic mass is 32.2. The molecular formula is C10H23N3O2S2. The first-order chi connectivity index (χ1) is 8.01. The number of nitrogens with zero attached hydrogens (tertiary/aromatic N) is 1. The fourth-order valence-corrected chi connectivity index (χ4v) is 4.29. The van der Waals surface area contributed by atoms with Gasteiger partial charge in [0.05, 0.1) is 0 Å². The molecular weight excluding hydrogens is 258 g/mol. The van der Waals surface area contributed by atoms with Crippen molar-refractivity contribution in [2.24, 2.45) is 5.73 Å². The topological polar surface area (TPSA) is 75.4 Å². The summed E-state index contributed by atoms with van der Waals surface area (Å²) in [5.74, 6) is 0. The molecule has 1 rings (SSSR count). The predicted molar refractivity (Wildman–Crippen MR) is 73.3 cm³/mol. The van der Waals surface area contributed by atoms with Crippen molar-refractivity contribution in [1.82, 2.24) is 9.03 Å². The minimum absolute atomic E-state index is 0.0790. The molecule has 17 heavy (non-hydrogen) atoms. The van der Waals surface area contributed by atoms with Crippen molar-refractivity contribution in [2.45, 2.75) is 37.0 Å². The van der Waals surface area contributed by atoms with Crippen molar-refractivity contribution in [3.8, 4) is 0 Å². The summed E-state index contributed by atoms with van der Waals surface area (Å²) in [4.78, 5) is 0. The quantitative estimate of drug-likeness (QED) is 0.708. The molecule has 1 saturated carbocycles. The van der Waals surface area contributed by atoms with E-state index in [1.807, 2.05) is 6.26 Å². The molecule has 2 atom stereocenters. The van der Waals surface area contributed by atoms with E-state index in [0.717, 1.165) is 19.3 Å². The molecule has 0 aromatic heterocycles. The summed E-state index contributed by atoms with van der Waals surface area (Å²) in [6.45, 7) is 0.985. The lowest BCUT2D eigenvalue weighted by atomic mass is 10.3. The molecule has 1 fully saturated rings. The van der Waals surface area contributed by atoms with Gasteiger partial charge in [0.25, 0.3) is 10.2 Å². The fourth-order valence-electron chi connectivity index (χ4n) is 2.06. The molecule has 102 valence electrons. The lowest BCUT2D eigenvalue weighted by Crippen LogP contribution is -2.46. The van der Waals surface area contributed by atoms with Gasteiger partial charge in [-0.15, -0.1) is 0 Å². The van der Waals surface area contributed by atoms with Gasteiger partial charge in [-0.1, -0.05) is 6.42 Å². The molecule has 0 heterocycles. The third-order valence-electron chi connectivity index (χ3n) is 3.14. The van der Waals surface area contributed by atoms with Crippen LogP contribution in [0.1, 0.15) is 25.7 Å². The van der Waals surface area contributed by atoms with Crippen LogP contribution in [-0.4, -0.2) is 50.4 Å². The van der Waals surface area contributed by atoms with Gasteiger partial charge in [0, 0.05) is 24.9 Å². The molecule has 7 heteroatoms. The second-order valence-corrected chi connectivity index (χ2v) is 7.28. The summed E-state index contributed by atoms with van der Waals surface area (Å²) in [6, 6.07) is 0.0790. The Bertz CT molecular complexity index is 322. The second-order valence-electron chi connectivity index (χ2n) is 4.40. The first-order valence-electron chi connectivity index (χ1n) is 5.97. The summed E-state index contributed by atoms with van der Waals surface area (Å²) in [5.41, 5.74) is 5.38. The standard InChI is InChI=1S/C10H23N3O2S2/c1-13(8-4-7-11)17(14,15)12-9-5-3-6-10(9)16-2/h9-10,12H,3-8,11H2,1-2H3. The average Bonchev–Trinajstić information content (AvgIpc) is 2.72. The fraction of sp³-hybridized carbons (Fsp3) is 1.00. The van der Waals surface area contributed by atoms with Crippen molar-refractivity contribution in [3.63, 3.8) is 0 Å². The van der Waals surface area contributed by atoms with Crippen molar-refractivity contribution >= 4 is 22.0 Å². The zero-order valence-electron chi connectivity index (χ0n) is 10.6. The van der Waals surface area contributed by atoms with E-state index in [1.54, 1.807) is 18.8 Å². The van der Waals surface area contributed by atoms with Gasteiger partial charge in [0.2, 0.25) is 0 Å². The molecule has 3 N–H and O–H groups in total. The van der Waals surface area contributed by atoms with Crippen molar-refractivity contribution in [1.29, 1.82) is 0 Å². The molecule has 0 bridgehead atoms. The SMILES string of the molecule is CSC1CCCC1NS(=O)(=O)N(C)CCCN. The number of thioether (sulfide) groups is 1. The third-order valence-corrected chi connectivity index (χ3v) is 5.92. The molecule has 1 aliphatic carbocycles. The molecule has 0 aromatic carbocycles. The number of rotatable bonds is 7. The van der Waals surface area contributed by atoms with Gasteiger partial charge in [0.15, 0.2) is 0 Å². The van der Waals surface area contributed by atoms with Gasteiger partial charge in [-0.3, -0.25) is 0 Å². The van der Waals surface area contributed by atoms with Crippen molar-refractivity contribution < 1.29 is 8.42 Å². The van der Waals surface area contributed by atoms with Crippen molar-refractivity contribution in [2.75, 3.05) is 26.4 Å². The summed E-state index contributed by atoms with van der Waals surface area (Å²) in [6.07, 6.45) is 5.87. The normalized spacial score (nSPS) is 25.6. The second kappa shape index (κ2) is 6.94. The van der Waals surface area contributed by atoms with Gasteiger partial charge in [-0.2, -0.15) is 29.2 Å². The molecule has 5 nitrogen and oxygen atoms in total. The predicted octanol–water partition coefficient (Wildman–Crippen LogP) is 0.386. The zero-order valence-corrected chi connectivity index (χ0v) is 12.2. The summed E-state index contributed by atoms with van der Waals surface area (Å²) in [5, 5.41) is 0.410. The van der Waals surface area contributed by atoms with Crippen molar-refractivity contribution in [3.05, 3.63) is 0 Å². The van der Waals surface area contributed by atoms with Crippen LogP contribution in [0.4, 0.5) is 0 Å². The number of nitrogens with two attached hydrogens (primary N) is 1. The van der Waals surface area contributed by atoms with Gasteiger partial charge in [-0.25, -0.2) is 0 Å². The van der Waals surface area contributed by atoms with Crippen LogP contribution in [0.2, 0.25) is 0 Å². The highest BCUT2D eigenvalue weighted by Gasteiger charge is 2.31. The maximum absolute atomic E-state index is 12.0. The lowest BCUT2D eigenvalue weighted by molar-refractivity contribution is 0.443. The monoisotopic (exact) mass is 281 g/mol. The number of hydrogen-bond donors (Lipinski definition) is 2. The molecule has 1 aliphatic rings. The van der Waals surface area contributed by atoms with Crippen LogP contribution in [0.15, 0.2) is 0 Å². The van der Waals surface area contributed by atoms with Crippen LogP contribution in [0.5, 0.6) is 0 Å². The Kier molecular flexibility index (Phi) is 6.22. The van der Waals surface area contributed by atoms with Crippen LogP contribution in [-0.2, 0) is 10.2 Å². The summed E-state index contributed by atoms with van der Waals surface area (Å²) < 4.78 is 28.2. The first-order valence-corrected chi connectivity index (χ1v) is 8.70. The van der Waals surface area contributed by atoms with E-state index < -0.39 is 10.2 Å². The van der Waals surface area contributed by atoms with E-state index in [4.69, 9.17) is 5.73 Å². The van der Waals surface area contributed by atoms with E-state index in [-0.39, 0.29) is 6.04 Å². The maximum atomic E-state index is 12.0. The molecule has 0 spiro atoms. The molecule has 0 radical (unpaired) electrons. The zero-order chi connectivity index (χ0) is 12.9. The Balaban J connectivity index is 2.53. The largest absolute Gasteiger partial charge is 0.330 e. The highest BCUT2D eigenvalue weighted by molar-refractivity contribution is 7.99. The van der Waals surface area contributed by atoms with Gasteiger partial charge in [-0.05, 0) is 32.1 Å². The summed E-state index contributed by atoms with van der Waals surface area (Å²) in [7, 11) is -1.75. The molecule has 0 amide bonds. The van der Waals surface area contributed by atoms with E-state index in [0.29, 0.717) is 24.8 Å². The Morgan fingerprint density at radius 3 is 2.76 bits per heavy atom. The highest BCUT2D eigenvalue weighted by Crippen LogP contribution is 2.28. The van der Waals surface area contributed by atoms with Crippen LogP contribution in [0.25, 0.3) is 0 Å². The Morgan fingerprint density at radius 2 is 2.18 bits per heavy atom. The van der Waals surface area contributed by atoms with E-state index >= 15 is 0 Å². The van der Waals surface area contributed by atoms with Crippen LogP contribution < -0.4 is 10.5 Å². The van der Waals surface area contributed by atoms with Crippen LogP contribution >= 0.6 is 11.8 Å². The first kappa shape index (κ1) is 15.2. The third kappa shape index (κ3) is 4.40. The number of hydrogen-bond acceptors (Lipinski definition) is 4. The van der Waals surface area contributed by atoms with Gasteiger partial charge in [0.1, 0.15) is 0 Å². The molecule has 0 aromatic rings. The minimum atomic E-state index is -3.34. The molecule has 0 aliphatic heterocycles. The van der Waals surface area contributed by atoms with E-state index in [1.165, 1.54) is 4.31 Å². The summed E-state index contributed by atoms with van der Waals surface area (Å²) >= 11 is 1.75. The maximum Gasteiger partial charge on any atom is 0.279 e. The smallest absolute Gasteiger partial charge is 0.279 e. The lowest BCUT2D eigenvalue weighted by Gasteiger charge is -2.23. The minimum Gasteiger partial charge on any atom is -0.330 e. The Labute approximate surface area is 109 Å². The van der Waals surface area contributed by atoms with Gasteiger partial charge >= 0.3 is 0 Å². The van der Waals surface area contributed by atoms with Crippen LogP contribution in [0.3, 0.4) is 0 Å². The van der Waals surface area contributed by atoms with E-state index in [9.17, 15) is 8.42 Å². The molecule has 2 unspecified atom stereocenters. The van der Waals surface area contributed by atoms with Crippen LogP contribution in [0, 0.1) is 0 Å². The average molecular weight is 281 g/mol. The number of nitrogens with one attached hydrogen (secondary N) is 1. The van der Waals surface area contributed by atoms with E-state index in [2.05, 4.69) is 4.72 Å². The molecule has 0 saturated heterocycles. The Hall–Kier alpha value is 0.180.